The molecule has 0 spiro atoms. The first-order chi connectivity index (χ1) is 26.2. The van der Waals surface area contributed by atoms with E-state index in [0.717, 1.165) is 75.5 Å². The number of aliphatic hydroxyl groups excluding tert-OH is 1. The number of fused-ring (bicyclic) bond motifs is 7. The highest BCUT2D eigenvalue weighted by Crippen LogP contribution is 2.73. The van der Waals surface area contributed by atoms with Crippen molar-refractivity contribution in [3.8, 4) is 0 Å². The van der Waals surface area contributed by atoms with Crippen LogP contribution in [0.3, 0.4) is 0 Å². The minimum absolute atomic E-state index is 0.0733. The number of ether oxygens (including phenoxy) is 2. The van der Waals surface area contributed by atoms with Gasteiger partial charge in [-0.1, -0.05) is 70.8 Å². The van der Waals surface area contributed by atoms with E-state index in [2.05, 4.69) is 58.6 Å². The zero-order chi connectivity index (χ0) is 41.0. The number of Topliss-reactive ketones (excluding diaryl/α,β-unsaturated/α-hetero) is 1. The van der Waals surface area contributed by atoms with Crippen molar-refractivity contribution in [3.05, 3.63) is 46.0 Å². The van der Waals surface area contributed by atoms with Crippen molar-refractivity contribution in [2.75, 3.05) is 26.8 Å². The van der Waals surface area contributed by atoms with Gasteiger partial charge in [-0.05, 0) is 135 Å². The number of carboxylic acid groups (broad SMARTS) is 1. The van der Waals surface area contributed by atoms with Gasteiger partial charge in [0.15, 0.2) is 5.78 Å². The lowest BCUT2D eigenvalue weighted by Crippen LogP contribution is -2.63. The summed E-state index contributed by atoms with van der Waals surface area (Å²) in [4.78, 5) is 41.4. The average Bonchev–Trinajstić information content (AvgIpc) is 3.43. The van der Waals surface area contributed by atoms with Gasteiger partial charge < -0.3 is 19.7 Å². The molecule has 0 amide bonds. The van der Waals surface area contributed by atoms with E-state index in [4.69, 9.17) is 21.1 Å². The molecule has 0 saturated heterocycles. The molecular weight excluding hydrogens is 726 g/mol. The fourth-order valence-corrected chi connectivity index (χ4v) is 13.7. The van der Waals surface area contributed by atoms with E-state index in [1.807, 2.05) is 12.1 Å². The quantitative estimate of drug-likeness (QED) is 0.142. The summed E-state index contributed by atoms with van der Waals surface area (Å²) in [5.74, 6) is 0.535. The molecule has 4 fully saturated rings. The highest BCUT2D eigenvalue weighted by molar-refractivity contribution is 6.30. The van der Waals surface area contributed by atoms with Crippen LogP contribution >= 0.6 is 11.6 Å². The lowest BCUT2D eigenvalue weighted by molar-refractivity contribution is -0.214. The first-order valence-corrected chi connectivity index (χ1v) is 21.9. The van der Waals surface area contributed by atoms with Crippen molar-refractivity contribution >= 4 is 29.3 Å². The number of methoxy groups -OCH3 is 1. The third-order valence-electron chi connectivity index (χ3n) is 16.2. The molecule has 9 atom stereocenters. The van der Waals surface area contributed by atoms with Gasteiger partial charge in [-0.25, -0.2) is 0 Å². The highest BCUT2D eigenvalue weighted by atomic mass is 35.5. The predicted octanol–water partition coefficient (Wildman–Crippen LogP) is 9.54. The Balaban J connectivity index is 1.25. The van der Waals surface area contributed by atoms with Gasteiger partial charge in [0, 0.05) is 55.6 Å². The minimum Gasteiger partial charge on any atom is -0.481 e. The number of carbonyl (C=O) groups is 3. The zero-order valence-corrected chi connectivity index (χ0v) is 36.5. The maximum atomic E-state index is 14.2. The molecular formula is C47H70ClNO7. The summed E-state index contributed by atoms with van der Waals surface area (Å²) in [5, 5.41) is 22.9. The molecule has 312 valence electrons. The third-order valence-corrected chi connectivity index (χ3v) is 16.5. The monoisotopic (exact) mass is 795 g/mol. The van der Waals surface area contributed by atoms with E-state index in [1.165, 1.54) is 5.57 Å². The topological polar surface area (TPSA) is 113 Å². The van der Waals surface area contributed by atoms with Gasteiger partial charge in [-0.15, -0.1) is 0 Å². The minimum atomic E-state index is -1.17. The Morgan fingerprint density at radius 1 is 0.964 bits per heavy atom. The number of esters is 1. The number of aliphatic hydroxyl groups is 1. The SMILES string of the molecule is COCCCN(Cc1ccc(Cl)cc1)CC(O)C12CCC3C(CCC4C3(C)CCC3C(C)(C)C(OC(=O)CC(C)(C)C(=O)O)CCC34C)C1=C(C(C)C)C(=O)C2. The van der Waals surface area contributed by atoms with Gasteiger partial charge in [0.1, 0.15) is 6.10 Å². The molecule has 1 aromatic carbocycles. The van der Waals surface area contributed by atoms with Crippen molar-refractivity contribution in [3.63, 3.8) is 0 Å². The average molecular weight is 797 g/mol. The fraction of sp³-hybridized carbons (Fsp3) is 0.766. The molecule has 5 aliphatic carbocycles. The van der Waals surface area contributed by atoms with Crippen LogP contribution < -0.4 is 0 Å². The predicted molar refractivity (Wildman–Crippen MR) is 220 cm³/mol. The second-order valence-electron chi connectivity index (χ2n) is 20.7. The number of aliphatic carboxylic acids is 1. The first-order valence-electron chi connectivity index (χ1n) is 21.6. The van der Waals surface area contributed by atoms with Crippen LogP contribution in [0.15, 0.2) is 35.4 Å². The van der Waals surface area contributed by atoms with E-state index in [0.29, 0.717) is 48.9 Å². The van der Waals surface area contributed by atoms with Crippen LogP contribution in [0, 0.1) is 56.7 Å². The Kier molecular flexibility index (Phi) is 12.4. The molecule has 4 saturated carbocycles. The van der Waals surface area contributed by atoms with Gasteiger partial charge >= 0.3 is 11.9 Å². The lowest BCUT2D eigenvalue weighted by Gasteiger charge is -2.69. The third kappa shape index (κ3) is 7.68. The number of hydrogen-bond acceptors (Lipinski definition) is 7. The number of halogens is 1. The molecule has 0 radical (unpaired) electrons. The molecule has 0 aromatic heterocycles. The summed E-state index contributed by atoms with van der Waals surface area (Å²) >= 11 is 6.22. The van der Waals surface area contributed by atoms with Crippen molar-refractivity contribution in [1.29, 1.82) is 0 Å². The van der Waals surface area contributed by atoms with Crippen molar-refractivity contribution in [2.45, 2.75) is 145 Å². The van der Waals surface area contributed by atoms with E-state index in [9.17, 15) is 24.6 Å². The largest absolute Gasteiger partial charge is 0.481 e. The van der Waals surface area contributed by atoms with Gasteiger partial charge in [-0.2, -0.15) is 0 Å². The number of rotatable bonds is 14. The molecule has 9 heteroatoms. The van der Waals surface area contributed by atoms with Crippen molar-refractivity contribution in [2.24, 2.45) is 56.7 Å². The van der Waals surface area contributed by atoms with Gasteiger partial charge in [0.2, 0.25) is 0 Å². The van der Waals surface area contributed by atoms with Crippen molar-refractivity contribution in [1.82, 2.24) is 4.90 Å². The van der Waals surface area contributed by atoms with Crippen LogP contribution in [0.2, 0.25) is 5.02 Å². The Morgan fingerprint density at radius 2 is 1.64 bits per heavy atom. The number of hydrogen-bond donors (Lipinski definition) is 2. The number of carboxylic acids is 1. The van der Waals surface area contributed by atoms with Crippen LogP contribution in [-0.4, -0.2) is 71.8 Å². The molecule has 6 rings (SSSR count). The molecule has 0 aliphatic heterocycles. The number of ketones is 1. The summed E-state index contributed by atoms with van der Waals surface area (Å²) in [7, 11) is 1.73. The summed E-state index contributed by atoms with van der Waals surface area (Å²) in [5.41, 5.74) is 1.67. The number of benzene rings is 1. The maximum absolute atomic E-state index is 14.2. The van der Waals surface area contributed by atoms with Gasteiger partial charge in [0.05, 0.1) is 17.9 Å². The van der Waals surface area contributed by atoms with Crippen LogP contribution in [0.5, 0.6) is 0 Å². The van der Waals surface area contributed by atoms with Gasteiger partial charge in [0.25, 0.3) is 0 Å². The van der Waals surface area contributed by atoms with E-state index < -0.39 is 28.9 Å². The standard InChI is InChI=1S/C47H70ClNO7/c1-29(2)40-34(50)25-47(37(51)28-49(23-10-24-55-9)27-30-11-13-31(48)14-12-30)22-17-33-32(41(40)47)15-16-36-45(33,7)20-18-35-44(5,6)38(19-21-46(35,36)8)56-39(52)26-43(3,4)42(53)54/h11-14,29,32-33,35-38,51H,10,15-28H2,1-9H3,(H,53,54). The van der Waals surface area contributed by atoms with E-state index in [-0.39, 0.29) is 46.4 Å². The molecule has 1 aromatic rings. The molecule has 9 unspecified atom stereocenters. The number of carbonyl (C=O) groups excluding carboxylic acids is 2. The molecule has 0 heterocycles. The smallest absolute Gasteiger partial charge is 0.309 e. The highest BCUT2D eigenvalue weighted by Gasteiger charge is 2.67. The molecule has 5 aliphatic rings. The van der Waals surface area contributed by atoms with Crippen LogP contribution in [0.25, 0.3) is 0 Å². The summed E-state index contributed by atoms with van der Waals surface area (Å²) in [6.45, 7) is 19.7. The van der Waals surface area contributed by atoms with E-state index >= 15 is 0 Å². The van der Waals surface area contributed by atoms with Crippen LogP contribution in [0.1, 0.15) is 132 Å². The van der Waals surface area contributed by atoms with Crippen LogP contribution in [-0.2, 0) is 30.4 Å². The molecule has 56 heavy (non-hydrogen) atoms. The lowest BCUT2D eigenvalue weighted by atomic mass is 9.36. The second-order valence-corrected chi connectivity index (χ2v) is 21.1. The fourth-order valence-electron chi connectivity index (χ4n) is 13.5. The molecule has 0 bridgehead atoms. The second kappa shape index (κ2) is 16.1. The van der Waals surface area contributed by atoms with Crippen LogP contribution in [0.4, 0.5) is 0 Å². The summed E-state index contributed by atoms with van der Waals surface area (Å²) < 4.78 is 11.6. The van der Waals surface area contributed by atoms with Gasteiger partial charge in [-0.3, -0.25) is 19.3 Å². The maximum Gasteiger partial charge on any atom is 0.309 e. The number of nitrogens with zero attached hydrogens (tertiary/aromatic N) is 1. The summed E-state index contributed by atoms with van der Waals surface area (Å²) in [6.07, 6.45) is 8.10. The molecule has 8 nitrogen and oxygen atoms in total. The Bertz CT molecular complexity index is 1670. The first kappa shape index (κ1) is 43.3. The Morgan fingerprint density at radius 3 is 2.29 bits per heavy atom. The molecule has 2 N–H and O–H groups in total. The Labute approximate surface area is 341 Å². The summed E-state index contributed by atoms with van der Waals surface area (Å²) in [6, 6.07) is 7.95. The van der Waals surface area contributed by atoms with Crippen molar-refractivity contribution < 1.29 is 34.1 Å². The number of allylic oxidation sites excluding steroid dienone is 1. The normalized spacial score (nSPS) is 34.4. The Hall–Kier alpha value is -2.26. The van der Waals surface area contributed by atoms with E-state index in [1.54, 1.807) is 21.0 Å². The zero-order valence-electron chi connectivity index (χ0n) is 35.7.